The zero-order valence-corrected chi connectivity index (χ0v) is 15.8. The Balaban J connectivity index is 2.00. The molecule has 2 N–H and O–H groups in total. The van der Waals surface area contributed by atoms with Gasteiger partial charge in [0, 0.05) is 24.0 Å². The fourth-order valence-electron chi connectivity index (χ4n) is 3.77. The molecule has 0 bridgehead atoms. The van der Waals surface area contributed by atoms with E-state index in [0.29, 0.717) is 24.0 Å². The Kier molecular flexibility index (Phi) is 5.29. The molecule has 2 aliphatic heterocycles. The highest BCUT2D eigenvalue weighted by Crippen LogP contribution is 2.47. The van der Waals surface area contributed by atoms with Crippen LogP contribution in [0.2, 0.25) is 0 Å². The highest BCUT2D eigenvalue weighted by atomic mass is 16.6. The van der Waals surface area contributed by atoms with E-state index >= 15 is 0 Å². The van der Waals surface area contributed by atoms with E-state index in [9.17, 15) is 19.8 Å². The number of hydrogen-bond acceptors (Lipinski definition) is 7. The predicted molar refractivity (Wildman–Crippen MR) is 95.5 cm³/mol. The van der Waals surface area contributed by atoms with Crippen LogP contribution in [0.1, 0.15) is 33.6 Å². The summed E-state index contributed by atoms with van der Waals surface area (Å²) in [6, 6.07) is 0. The number of aliphatic hydroxyl groups excluding tert-OH is 2. The van der Waals surface area contributed by atoms with Crippen molar-refractivity contribution in [2.75, 3.05) is 6.61 Å². The lowest BCUT2D eigenvalue weighted by atomic mass is 9.82. The van der Waals surface area contributed by atoms with Crippen LogP contribution in [0, 0.1) is 5.92 Å². The summed E-state index contributed by atoms with van der Waals surface area (Å²) in [7, 11) is 0. The van der Waals surface area contributed by atoms with Crippen LogP contribution >= 0.6 is 0 Å². The van der Waals surface area contributed by atoms with Crippen molar-refractivity contribution in [1.29, 1.82) is 0 Å². The first-order valence-corrected chi connectivity index (χ1v) is 9.11. The highest BCUT2D eigenvalue weighted by molar-refractivity contribution is 5.92. The van der Waals surface area contributed by atoms with Crippen molar-refractivity contribution in [2.45, 2.75) is 63.6 Å². The van der Waals surface area contributed by atoms with Crippen LogP contribution < -0.4 is 0 Å². The first-order chi connectivity index (χ1) is 12.7. The maximum atomic E-state index is 12.4. The Morgan fingerprint density at radius 3 is 2.85 bits per heavy atom. The van der Waals surface area contributed by atoms with E-state index in [4.69, 9.17) is 14.2 Å². The van der Waals surface area contributed by atoms with Crippen molar-refractivity contribution >= 4 is 11.9 Å². The minimum Gasteiger partial charge on any atom is -0.458 e. The van der Waals surface area contributed by atoms with Crippen molar-refractivity contribution in [1.82, 2.24) is 0 Å². The van der Waals surface area contributed by atoms with Crippen LogP contribution in [0.4, 0.5) is 0 Å². The fraction of sp³-hybridized carbons (Fsp3) is 0.600. The monoisotopic (exact) mass is 378 g/mol. The van der Waals surface area contributed by atoms with E-state index in [-0.39, 0.29) is 18.3 Å². The van der Waals surface area contributed by atoms with Crippen molar-refractivity contribution in [3.63, 3.8) is 0 Å². The van der Waals surface area contributed by atoms with Gasteiger partial charge in [0.05, 0.1) is 30.3 Å². The minimum atomic E-state index is -0.903. The van der Waals surface area contributed by atoms with Gasteiger partial charge in [-0.3, -0.25) is 0 Å². The van der Waals surface area contributed by atoms with Gasteiger partial charge in [-0.25, -0.2) is 9.59 Å². The smallest absolute Gasteiger partial charge is 0.334 e. The molecule has 3 rings (SSSR count). The number of carbonyl (C=O) groups is 2. The topological polar surface area (TPSA) is 106 Å². The summed E-state index contributed by atoms with van der Waals surface area (Å²) < 4.78 is 16.9. The van der Waals surface area contributed by atoms with Crippen molar-refractivity contribution < 1.29 is 34.0 Å². The van der Waals surface area contributed by atoms with Gasteiger partial charge in [-0.2, -0.15) is 0 Å². The average molecular weight is 378 g/mol. The first kappa shape index (κ1) is 19.8. The molecule has 0 aromatic rings. The van der Waals surface area contributed by atoms with Gasteiger partial charge in [0.1, 0.15) is 12.2 Å². The minimum absolute atomic E-state index is 0.209. The summed E-state index contributed by atoms with van der Waals surface area (Å²) in [5, 5.41) is 20.1. The normalized spacial score (nSPS) is 41.0. The standard InChI is InChI=1S/C20H26O7/c1-5-10(2)18(23)26-15-8-20(4)16(27-20)7-13(22)12(9-21)6-14-17(15)11(3)19(24)25-14/h5-6,13-17,21-22H,3,7-9H2,1-2,4H3/b10-5-,12-6-/t13?,14-,15?,16-,17+,20+/m1/s1. The van der Waals surface area contributed by atoms with E-state index in [1.165, 1.54) is 0 Å². The zero-order chi connectivity index (χ0) is 19.9. The zero-order valence-electron chi connectivity index (χ0n) is 15.8. The lowest BCUT2D eigenvalue weighted by molar-refractivity contribution is -0.148. The summed E-state index contributed by atoms with van der Waals surface area (Å²) in [4.78, 5) is 24.5. The summed E-state index contributed by atoms with van der Waals surface area (Å²) in [6.45, 7) is 8.73. The molecule has 0 amide bonds. The summed E-state index contributed by atoms with van der Waals surface area (Å²) in [5.74, 6) is -1.66. The first-order valence-electron chi connectivity index (χ1n) is 9.11. The molecule has 6 atom stereocenters. The van der Waals surface area contributed by atoms with Gasteiger partial charge in [-0.1, -0.05) is 12.7 Å². The number of rotatable bonds is 3. The van der Waals surface area contributed by atoms with Gasteiger partial charge >= 0.3 is 11.9 Å². The second kappa shape index (κ2) is 7.22. The molecule has 7 heteroatoms. The molecule has 27 heavy (non-hydrogen) atoms. The largest absolute Gasteiger partial charge is 0.458 e. The van der Waals surface area contributed by atoms with E-state index in [2.05, 4.69) is 6.58 Å². The van der Waals surface area contributed by atoms with Crippen molar-refractivity contribution in [3.8, 4) is 0 Å². The Morgan fingerprint density at radius 1 is 1.52 bits per heavy atom. The van der Waals surface area contributed by atoms with Crippen molar-refractivity contribution in [2.24, 2.45) is 5.92 Å². The van der Waals surface area contributed by atoms with E-state index in [0.717, 1.165) is 0 Å². The molecule has 3 aliphatic rings. The fourth-order valence-corrected chi connectivity index (χ4v) is 3.77. The van der Waals surface area contributed by atoms with Crippen LogP contribution in [0.25, 0.3) is 0 Å². The third kappa shape index (κ3) is 3.72. The second-order valence-corrected chi connectivity index (χ2v) is 7.61. The Morgan fingerprint density at radius 2 is 2.22 bits per heavy atom. The summed E-state index contributed by atoms with van der Waals surface area (Å²) in [5.41, 5.74) is 0.423. The van der Waals surface area contributed by atoms with Crippen LogP contribution in [-0.2, 0) is 23.8 Å². The molecule has 2 unspecified atom stereocenters. The molecule has 2 saturated heterocycles. The van der Waals surface area contributed by atoms with Gasteiger partial charge in [-0.05, 0) is 32.4 Å². The van der Waals surface area contributed by atoms with E-state index in [1.54, 1.807) is 26.0 Å². The second-order valence-electron chi connectivity index (χ2n) is 7.61. The third-order valence-corrected chi connectivity index (χ3v) is 5.74. The van der Waals surface area contributed by atoms with Crippen LogP contribution in [0.5, 0.6) is 0 Å². The number of ether oxygens (including phenoxy) is 3. The van der Waals surface area contributed by atoms with Gasteiger partial charge in [0.25, 0.3) is 0 Å². The van der Waals surface area contributed by atoms with Gasteiger partial charge in [0.2, 0.25) is 0 Å². The molecule has 2 fully saturated rings. The number of allylic oxidation sites excluding steroid dienone is 1. The third-order valence-electron chi connectivity index (χ3n) is 5.74. The molecule has 0 saturated carbocycles. The average Bonchev–Trinajstić information content (AvgIpc) is 3.15. The molecular weight excluding hydrogens is 352 g/mol. The summed E-state index contributed by atoms with van der Waals surface area (Å²) >= 11 is 0. The maximum absolute atomic E-state index is 12.4. The molecule has 2 heterocycles. The summed E-state index contributed by atoms with van der Waals surface area (Å²) in [6.07, 6.45) is 1.27. The Hall–Kier alpha value is -1.96. The van der Waals surface area contributed by atoms with Crippen LogP contribution in [0.15, 0.2) is 35.5 Å². The molecule has 0 aromatic heterocycles. The van der Waals surface area contributed by atoms with E-state index in [1.807, 2.05) is 6.92 Å². The van der Waals surface area contributed by atoms with Gasteiger partial charge in [0.15, 0.2) is 0 Å². The Bertz CT molecular complexity index is 722. The maximum Gasteiger partial charge on any atom is 0.334 e. The quantitative estimate of drug-likeness (QED) is 0.329. The Labute approximate surface area is 158 Å². The highest BCUT2D eigenvalue weighted by Gasteiger charge is 2.57. The molecule has 1 aliphatic carbocycles. The van der Waals surface area contributed by atoms with Gasteiger partial charge < -0.3 is 24.4 Å². The molecule has 0 radical (unpaired) electrons. The molecule has 0 aromatic carbocycles. The molecule has 148 valence electrons. The number of aliphatic hydroxyl groups is 2. The molecular formula is C20H26O7. The predicted octanol–water partition coefficient (Wildman–Crippen LogP) is 1.19. The van der Waals surface area contributed by atoms with E-state index < -0.39 is 41.8 Å². The number of epoxide rings is 1. The van der Waals surface area contributed by atoms with Crippen LogP contribution in [0.3, 0.4) is 0 Å². The number of esters is 2. The SMILES string of the molecule is C=C1C(=O)O[C@@H]2/C=C(/CO)C(O)C[C@H]3O[C@@]3(C)CC(OC(=O)/C(C)=C\C)[C@@H]12. The number of fused-ring (bicyclic) bond motifs is 2. The lowest BCUT2D eigenvalue weighted by Crippen LogP contribution is -2.38. The molecule has 7 nitrogen and oxygen atoms in total. The lowest BCUT2D eigenvalue weighted by Gasteiger charge is -2.29. The van der Waals surface area contributed by atoms with Crippen LogP contribution in [-0.4, -0.2) is 58.8 Å². The number of hydrogen-bond donors (Lipinski definition) is 2. The number of carbonyl (C=O) groups excluding carboxylic acids is 2. The van der Waals surface area contributed by atoms with Crippen molar-refractivity contribution in [3.05, 3.63) is 35.5 Å². The molecule has 0 spiro atoms. The van der Waals surface area contributed by atoms with Gasteiger partial charge in [-0.15, -0.1) is 0 Å².